The van der Waals surface area contributed by atoms with E-state index in [4.69, 9.17) is 4.74 Å². The van der Waals surface area contributed by atoms with Crippen LogP contribution in [0.3, 0.4) is 0 Å². The highest BCUT2D eigenvalue weighted by molar-refractivity contribution is 5.29. The Morgan fingerprint density at radius 1 is 1.35 bits per heavy atom. The van der Waals surface area contributed by atoms with Crippen molar-refractivity contribution in [3.05, 3.63) is 29.8 Å². The van der Waals surface area contributed by atoms with Crippen LogP contribution in [0.25, 0.3) is 0 Å². The molecule has 0 heterocycles. The number of rotatable bonds is 5. The molecule has 0 radical (unpaired) electrons. The van der Waals surface area contributed by atoms with Gasteiger partial charge in [-0.05, 0) is 37.0 Å². The summed E-state index contributed by atoms with van der Waals surface area (Å²) in [4.78, 5) is 0. The van der Waals surface area contributed by atoms with Crippen LogP contribution in [0.2, 0.25) is 0 Å². The van der Waals surface area contributed by atoms with E-state index >= 15 is 0 Å². The van der Waals surface area contributed by atoms with Gasteiger partial charge in [0, 0.05) is 0 Å². The predicted octanol–water partition coefficient (Wildman–Crippen LogP) is 3.70. The predicted molar refractivity (Wildman–Crippen MR) is 69.1 cm³/mol. The van der Waals surface area contributed by atoms with E-state index in [-0.39, 0.29) is 0 Å². The molecule has 0 bridgehead atoms. The van der Waals surface area contributed by atoms with Crippen LogP contribution < -0.4 is 4.74 Å². The zero-order chi connectivity index (χ0) is 12.1. The first-order valence-electron chi connectivity index (χ1n) is 6.66. The van der Waals surface area contributed by atoms with Gasteiger partial charge in [-0.25, -0.2) is 0 Å². The number of ether oxygens (including phenoxy) is 1. The number of aliphatic hydroxyl groups excluding tert-OH is 1. The maximum absolute atomic E-state index is 9.49. The summed E-state index contributed by atoms with van der Waals surface area (Å²) in [6, 6.07) is 7.75. The molecule has 0 aliphatic heterocycles. The average molecular weight is 234 g/mol. The maximum Gasteiger partial charge on any atom is 0.119 e. The summed E-state index contributed by atoms with van der Waals surface area (Å²) >= 11 is 0. The first-order chi connectivity index (χ1) is 8.25. The minimum atomic E-state index is -0.423. The SMILES string of the molecule is C[C@H](O)c1cccc(OCCC2CCCC2)c1. The summed E-state index contributed by atoms with van der Waals surface area (Å²) in [5, 5.41) is 9.49. The second kappa shape index (κ2) is 6.06. The van der Waals surface area contributed by atoms with Gasteiger partial charge < -0.3 is 9.84 Å². The molecule has 1 saturated carbocycles. The average Bonchev–Trinajstić information content (AvgIpc) is 2.82. The lowest BCUT2D eigenvalue weighted by Crippen LogP contribution is -2.04. The van der Waals surface area contributed by atoms with Gasteiger partial charge in [0.2, 0.25) is 0 Å². The smallest absolute Gasteiger partial charge is 0.119 e. The molecule has 1 fully saturated rings. The number of hydrogen-bond acceptors (Lipinski definition) is 2. The third-order valence-electron chi connectivity index (χ3n) is 3.61. The molecule has 1 aliphatic rings. The maximum atomic E-state index is 9.49. The fraction of sp³-hybridized carbons (Fsp3) is 0.600. The van der Waals surface area contributed by atoms with Gasteiger partial charge in [-0.15, -0.1) is 0 Å². The van der Waals surface area contributed by atoms with Crippen molar-refractivity contribution in [1.82, 2.24) is 0 Å². The van der Waals surface area contributed by atoms with E-state index in [0.29, 0.717) is 0 Å². The molecule has 2 rings (SSSR count). The molecular weight excluding hydrogens is 212 g/mol. The molecule has 2 heteroatoms. The summed E-state index contributed by atoms with van der Waals surface area (Å²) in [5.41, 5.74) is 0.920. The van der Waals surface area contributed by atoms with Crippen molar-refractivity contribution in [1.29, 1.82) is 0 Å². The molecule has 1 atom stereocenters. The molecule has 0 spiro atoms. The second-order valence-corrected chi connectivity index (χ2v) is 5.04. The fourth-order valence-electron chi connectivity index (χ4n) is 2.51. The lowest BCUT2D eigenvalue weighted by Gasteiger charge is -2.12. The highest BCUT2D eigenvalue weighted by Crippen LogP contribution is 2.27. The Morgan fingerprint density at radius 2 is 2.12 bits per heavy atom. The Balaban J connectivity index is 1.79. The van der Waals surface area contributed by atoms with E-state index in [1.165, 1.54) is 32.1 Å². The summed E-state index contributed by atoms with van der Waals surface area (Å²) in [6.45, 7) is 2.57. The molecule has 0 aromatic heterocycles. The van der Waals surface area contributed by atoms with Crippen LogP contribution in [0, 0.1) is 5.92 Å². The van der Waals surface area contributed by atoms with Crippen molar-refractivity contribution in [3.8, 4) is 5.75 Å². The molecule has 1 N–H and O–H groups in total. The molecule has 2 nitrogen and oxygen atoms in total. The Bertz CT molecular complexity index is 341. The quantitative estimate of drug-likeness (QED) is 0.841. The fourth-order valence-corrected chi connectivity index (χ4v) is 2.51. The summed E-state index contributed by atoms with van der Waals surface area (Å²) in [5.74, 6) is 1.75. The van der Waals surface area contributed by atoms with Gasteiger partial charge in [0.25, 0.3) is 0 Å². The minimum Gasteiger partial charge on any atom is -0.494 e. The van der Waals surface area contributed by atoms with Crippen LogP contribution in [0.5, 0.6) is 5.75 Å². The second-order valence-electron chi connectivity index (χ2n) is 5.04. The van der Waals surface area contributed by atoms with Gasteiger partial charge in [0.05, 0.1) is 12.7 Å². The zero-order valence-corrected chi connectivity index (χ0v) is 10.6. The highest BCUT2D eigenvalue weighted by Gasteiger charge is 2.14. The van der Waals surface area contributed by atoms with E-state index in [1.54, 1.807) is 6.92 Å². The summed E-state index contributed by atoms with van der Waals surface area (Å²) < 4.78 is 5.75. The topological polar surface area (TPSA) is 29.5 Å². The molecule has 1 aliphatic carbocycles. The highest BCUT2D eigenvalue weighted by atomic mass is 16.5. The van der Waals surface area contributed by atoms with Gasteiger partial charge in [0.1, 0.15) is 5.75 Å². The van der Waals surface area contributed by atoms with Crippen molar-refractivity contribution in [2.45, 2.75) is 45.1 Å². The molecule has 0 unspecified atom stereocenters. The first kappa shape index (κ1) is 12.4. The summed E-state index contributed by atoms with van der Waals surface area (Å²) in [6.07, 6.45) is 6.27. The Labute approximate surface area is 104 Å². The van der Waals surface area contributed by atoms with E-state index in [9.17, 15) is 5.11 Å². The third kappa shape index (κ3) is 3.74. The van der Waals surface area contributed by atoms with Crippen LogP contribution in [0.4, 0.5) is 0 Å². The van der Waals surface area contributed by atoms with Crippen LogP contribution in [-0.2, 0) is 0 Å². The lowest BCUT2D eigenvalue weighted by atomic mass is 10.1. The number of benzene rings is 1. The largest absolute Gasteiger partial charge is 0.494 e. The molecule has 1 aromatic rings. The Morgan fingerprint density at radius 3 is 2.82 bits per heavy atom. The van der Waals surface area contributed by atoms with Gasteiger partial charge >= 0.3 is 0 Å². The monoisotopic (exact) mass is 234 g/mol. The van der Waals surface area contributed by atoms with E-state index in [2.05, 4.69) is 0 Å². The van der Waals surface area contributed by atoms with Crippen LogP contribution in [0.1, 0.15) is 50.7 Å². The molecule has 0 saturated heterocycles. The minimum absolute atomic E-state index is 0.423. The molecule has 0 amide bonds. The number of hydrogen-bond donors (Lipinski definition) is 1. The van der Waals surface area contributed by atoms with Crippen LogP contribution >= 0.6 is 0 Å². The lowest BCUT2D eigenvalue weighted by molar-refractivity contribution is 0.198. The molecule has 17 heavy (non-hydrogen) atoms. The number of aliphatic hydroxyl groups is 1. The molecular formula is C15H22O2. The van der Waals surface area contributed by atoms with E-state index in [0.717, 1.165) is 23.8 Å². The van der Waals surface area contributed by atoms with Crippen molar-refractivity contribution >= 4 is 0 Å². The Kier molecular flexibility index (Phi) is 4.43. The van der Waals surface area contributed by atoms with Crippen molar-refractivity contribution in [2.24, 2.45) is 5.92 Å². The van der Waals surface area contributed by atoms with Gasteiger partial charge in [-0.3, -0.25) is 0 Å². The van der Waals surface area contributed by atoms with Crippen molar-refractivity contribution in [3.63, 3.8) is 0 Å². The molecule has 94 valence electrons. The van der Waals surface area contributed by atoms with Gasteiger partial charge in [-0.2, -0.15) is 0 Å². The normalized spacial score (nSPS) is 18.2. The Hall–Kier alpha value is -1.02. The summed E-state index contributed by atoms with van der Waals surface area (Å²) in [7, 11) is 0. The van der Waals surface area contributed by atoms with Gasteiger partial charge in [0.15, 0.2) is 0 Å². The van der Waals surface area contributed by atoms with Crippen molar-refractivity contribution < 1.29 is 9.84 Å². The van der Waals surface area contributed by atoms with Crippen LogP contribution in [0.15, 0.2) is 24.3 Å². The first-order valence-corrected chi connectivity index (χ1v) is 6.66. The van der Waals surface area contributed by atoms with Crippen LogP contribution in [-0.4, -0.2) is 11.7 Å². The van der Waals surface area contributed by atoms with Crippen molar-refractivity contribution in [2.75, 3.05) is 6.61 Å². The third-order valence-corrected chi connectivity index (χ3v) is 3.61. The molecule has 1 aromatic carbocycles. The standard InChI is InChI=1S/C15H22O2/c1-12(16)14-7-4-8-15(11-14)17-10-9-13-5-2-3-6-13/h4,7-8,11-13,16H,2-3,5-6,9-10H2,1H3/t12-/m0/s1. The van der Waals surface area contributed by atoms with E-state index < -0.39 is 6.10 Å². The van der Waals surface area contributed by atoms with E-state index in [1.807, 2.05) is 24.3 Å². The zero-order valence-electron chi connectivity index (χ0n) is 10.6. The van der Waals surface area contributed by atoms with Gasteiger partial charge in [-0.1, -0.05) is 37.8 Å².